The van der Waals surface area contributed by atoms with Gasteiger partial charge in [-0.3, -0.25) is 5.10 Å². The van der Waals surface area contributed by atoms with Gasteiger partial charge in [0.1, 0.15) is 0 Å². The lowest BCUT2D eigenvalue weighted by Crippen LogP contribution is -1.99. The summed E-state index contributed by atoms with van der Waals surface area (Å²) in [5, 5.41) is 7.30. The van der Waals surface area contributed by atoms with Gasteiger partial charge in [-0.1, -0.05) is 0 Å². The third kappa shape index (κ3) is 2.17. The molecule has 1 aromatic heterocycles. The summed E-state index contributed by atoms with van der Waals surface area (Å²) in [5.74, 6) is 1.57. The molecule has 0 saturated heterocycles. The highest BCUT2D eigenvalue weighted by Gasteiger charge is 2.15. The quantitative estimate of drug-likeness (QED) is 0.865. The van der Waals surface area contributed by atoms with Crippen LogP contribution >= 0.6 is 0 Å². The monoisotopic (exact) mass is 259 g/mol. The zero-order chi connectivity index (χ0) is 13.2. The number of aromatic amines is 1. The van der Waals surface area contributed by atoms with Crippen molar-refractivity contribution in [3.8, 4) is 22.8 Å². The Kier molecular flexibility index (Phi) is 3.13. The molecule has 2 aromatic rings. The first-order valence-electron chi connectivity index (χ1n) is 6.43. The van der Waals surface area contributed by atoms with Crippen LogP contribution in [-0.2, 0) is 6.54 Å². The van der Waals surface area contributed by atoms with Gasteiger partial charge in [-0.25, -0.2) is 0 Å². The Balaban J connectivity index is 2.03. The third-order valence-electron chi connectivity index (χ3n) is 3.30. The fourth-order valence-electron chi connectivity index (χ4n) is 2.25. The molecule has 2 heterocycles. The van der Waals surface area contributed by atoms with Crippen molar-refractivity contribution in [2.24, 2.45) is 5.73 Å². The second-order valence-electron chi connectivity index (χ2n) is 4.59. The van der Waals surface area contributed by atoms with Crippen molar-refractivity contribution < 1.29 is 9.47 Å². The molecule has 100 valence electrons. The number of benzene rings is 1. The average Bonchev–Trinajstić information content (AvgIpc) is 2.66. The van der Waals surface area contributed by atoms with Crippen LogP contribution in [0.1, 0.15) is 17.7 Å². The molecule has 0 aliphatic carbocycles. The zero-order valence-corrected chi connectivity index (χ0v) is 10.9. The summed E-state index contributed by atoms with van der Waals surface area (Å²) in [6, 6.07) is 5.89. The molecule has 0 radical (unpaired) electrons. The number of hydrogen-bond donors (Lipinski definition) is 2. The summed E-state index contributed by atoms with van der Waals surface area (Å²) in [5.41, 5.74) is 9.70. The van der Waals surface area contributed by atoms with Gasteiger partial charge in [-0.05, 0) is 25.1 Å². The van der Waals surface area contributed by atoms with Crippen molar-refractivity contribution in [2.45, 2.75) is 19.9 Å². The van der Waals surface area contributed by atoms with E-state index in [0.29, 0.717) is 19.8 Å². The van der Waals surface area contributed by atoms with Crippen LogP contribution in [0.2, 0.25) is 0 Å². The van der Waals surface area contributed by atoms with Gasteiger partial charge >= 0.3 is 0 Å². The lowest BCUT2D eigenvalue weighted by molar-refractivity contribution is 0.297. The molecule has 0 atom stereocenters. The average molecular weight is 259 g/mol. The second-order valence-corrected chi connectivity index (χ2v) is 4.59. The molecule has 0 unspecified atom stereocenters. The number of nitrogens with two attached hydrogens (primary N) is 1. The Morgan fingerprint density at radius 3 is 2.84 bits per heavy atom. The standard InChI is InChI=1S/C14H17N3O2/c1-9-11(8-15)14(17-16-9)10-3-4-12-13(7-10)19-6-2-5-18-12/h3-4,7H,2,5-6,8,15H2,1H3,(H,16,17). The summed E-state index contributed by atoms with van der Waals surface area (Å²) in [6.07, 6.45) is 0.902. The molecule has 0 bridgehead atoms. The summed E-state index contributed by atoms with van der Waals surface area (Å²) < 4.78 is 11.3. The van der Waals surface area contributed by atoms with E-state index < -0.39 is 0 Å². The summed E-state index contributed by atoms with van der Waals surface area (Å²) in [7, 11) is 0. The minimum absolute atomic E-state index is 0.464. The molecule has 1 aromatic carbocycles. The van der Waals surface area contributed by atoms with Gasteiger partial charge in [-0.15, -0.1) is 0 Å². The topological polar surface area (TPSA) is 73.2 Å². The summed E-state index contributed by atoms with van der Waals surface area (Å²) in [4.78, 5) is 0. The van der Waals surface area contributed by atoms with Crippen molar-refractivity contribution in [2.75, 3.05) is 13.2 Å². The van der Waals surface area contributed by atoms with Crippen molar-refractivity contribution in [1.82, 2.24) is 10.2 Å². The van der Waals surface area contributed by atoms with Gasteiger partial charge in [-0.2, -0.15) is 5.10 Å². The molecule has 5 heteroatoms. The highest BCUT2D eigenvalue weighted by molar-refractivity contribution is 5.67. The van der Waals surface area contributed by atoms with Gasteiger partial charge in [0.2, 0.25) is 0 Å². The van der Waals surface area contributed by atoms with Crippen LogP contribution in [0.3, 0.4) is 0 Å². The van der Waals surface area contributed by atoms with Crippen molar-refractivity contribution in [3.05, 3.63) is 29.5 Å². The summed E-state index contributed by atoms with van der Waals surface area (Å²) >= 11 is 0. The first-order valence-corrected chi connectivity index (χ1v) is 6.43. The van der Waals surface area contributed by atoms with Crippen LogP contribution in [0.25, 0.3) is 11.3 Å². The highest BCUT2D eigenvalue weighted by Crippen LogP contribution is 2.34. The van der Waals surface area contributed by atoms with E-state index in [-0.39, 0.29) is 0 Å². The first kappa shape index (κ1) is 12.0. The Labute approximate surface area is 111 Å². The first-order chi connectivity index (χ1) is 9.29. The number of fused-ring (bicyclic) bond motifs is 1. The smallest absolute Gasteiger partial charge is 0.161 e. The Morgan fingerprint density at radius 1 is 1.26 bits per heavy atom. The maximum absolute atomic E-state index is 5.78. The van der Waals surface area contributed by atoms with Gasteiger partial charge < -0.3 is 15.2 Å². The summed E-state index contributed by atoms with van der Waals surface area (Å²) in [6.45, 7) is 3.82. The van der Waals surface area contributed by atoms with E-state index in [2.05, 4.69) is 10.2 Å². The number of ether oxygens (including phenoxy) is 2. The van der Waals surface area contributed by atoms with Gasteiger partial charge in [0.15, 0.2) is 11.5 Å². The lowest BCUT2D eigenvalue weighted by Gasteiger charge is -2.09. The number of nitrogens with one attached hydrogen (secondary N) is 1. The van der Waals surface area contributed by atoms with Crippen molar-refractivity contribution in [3.63, 3.8) is 0 Å². The van der Waals surface area contributed by atoms with Crippen molar-refractivity contribution >= 4 is 0 Å². The van der Waals surface area contributed by atoms with Gasteiger partial charge in [0.05, 0.1) is 18.9 Å². The number of H-pyrrole nitrogens is 1. The van der Waals surface area contributed by atoms with Crippen LogP contribution in [0, 0.1) is 6.92 Å². The highest BCUT2D eigenvalue weighted by atomic mass is 16.5. The molecule has 0 saturated carbocycles. The van der Waals surface area contributed by atoms with Gasteiger partial charge in [0, 0.05) is 29.8 Å². The van der Waals surface area contributed by atoms with E-state index >= 15 is 0 Å². The number of rotatable bonds is 2. The maximum Gasteiger partial charge on any atom is 0.161 e. The predicted molar refractivity (Wildman–Crippen MR) is 72.3 cm³/mol. The molecular formula is C14H17N3O2. The number of aromatic nitrogens is 2. The Bertz CT molecular complexity index is 592. The molecule has 5 nitrogen and oxygen atoms in total. The number of nitrogens with zero attached hydrogens (tertiary/aromatic N) is 1. The molecule has 3 rings (SSSR count). The minimum Gasteiger partial charge on any atom is -0.490 e. The van der Waals surface area contributed by atoms with Crippen LogP contribution in [0.5, 0.6) is 11.5 Å². The Hall–Kier alpha value is -2.01. The predicted octanol–water partition coefficient (Wildman–Crippen LogP) is 2.01. The van der Waals surface area contributed by atoms with Crippen molar-refractivity contribution in [1.29, 1.82) is 0 Å². The second kappa shape index (κ2) is 4.93. The SMILES string of the molecule is Cc1[nH]nc(-c2ccc3c(c2)OCCCO3)c1CN. The third-order valence-corrected chi connectivity index (χ3v) is 3.30. The van der Waals surface area contributed by atoms with Crippen LogP contribution in [0.15, 0.2) is 18.2 Å². The number of hydrogen-bond acceptors (Lipinski definition) is 4. The Morgan fingerprint density at radius 2 is 2.05 bits per heavy atom. The molecule has 0 amide bonds. The van der Waals surface area contributed by atoms with Crippen LogP contribution in [-0.4, -0.2) is 23.4 Å². The molecule has 19 heavy (non-hydrogen) atoms. The zero-order valence-electron chi connectivity index (χ0n) is 10.9. The number of aryl methyl sites for hydroxylation is 1. The molecule has 1 aliphatic heterocycles. The molecule has 3 N–H and O–H groups in total. The fraction of sp³-hybridized carbons (Fsp3) is 0.357. The fourth-order valence-corrected chi connectivity index (χ4v) is 2.25. The van der Waals surface area contributed by atoms with Gasteiger partial charge in [0.25, 0.3) is 0 Å². The molecular weight excluding hydrogens is 242 g/mol. The lowest BCUT2D eigenvalue weighted by atomic mass is 10.1. The van der Waals surface area contributed by atoms with E-state index in [4.69, 9.17) is 15.2 Å². The van der Waals surface area contributed by atoms with Crippen LogP contribution < -0.4 is 15.2 Å². The minimum atomic E-state index is 0.464. The van der Waals surface area contributed by atoms with E-state index in [0.717, 1.165) is 40.4 Å². The largest absolute Gasteiger partial charge is 0.490 e. The molecule has 0 spiro atoms. The molecule has 1 aliphatic rings. The van der Waals surface area contributed by atoms with E-state index in [1.54, 1.807) is 0 Å². The van der Waals surface area contributed by atoms with E-state index in [9.17, 15) is 0 Å². The maximum atomic E-state index is 5.78. The molecule has 0 fully saturated rings. The van der Waals surface area contributed by atoms with Crippen LogP contribution in [0.4, 0.5) is 0 Å². The van der Waals surface area contributed by atoms with E-state index in [1.165, 1.54) is 0 Å². The normalized spacial score (nSPS) is 14.2. The van der Waals surface area contributed by atoms with E-state index in [1.807, 2.05) is 25.1 Å².